The minimum absolute atomic E-state index is 0.792. The Kier molecular flexibility index (Phi) is 5.06. The van der Waals surface area contributed by atoms with Gasteiger partial charge >= 0.3 is 0 Å². The first-order valence-electron chi connectivity index (χ1n) is 5.80. The normalized spacial score (nSPS) is 21.2. The van der Waals surface area contributed by atoms with Gasteiger partial charge in [-0.2, -0.15) is 28.6 Å². The van der Waals surface area contributed by atoms with Crippen LogP contribution in [0, 0.1) is 0 Å². The summed E-state index contributed by atoms with van der Waals surface area (Å²) in [4.78, 5) is 0. The first-order chi connectivity index (χ1) is 7.88. The molecule has 1 aromatic rings. The molecule has 1 aliphatic heterocycles. The third-order valence-corrected chi connectivity index (χ3v) is 5.44. The third-order valence-electron chi connectivity index (χ3n) is 2.60. The van der Waals surface area contributed by atoms with Crippen molar-refractivity contribution in [1.82, 2.24) is 15.1 Å². The predicted octanol–water partition coefficient (Wildman–Crippen LogP) is 1.84. The molecule has 1 saturated heterocycles. The quantitative estimate of drug-likeness (QED) is 0.872. The molecule has 1 atom stereocenters. The van der Waals surface area contributed by atoms with E-state index < -0.39 is 0 Å². The Morgan fingerprint density at radius 2 is 2.50 bits per heavy atom. The maximum atomic E-state index is 4.27. The number of nitrogens with zero attached hydrogens (tertiary/aromatic N) is 2. The van der Waals surface area contributed by atoms with Crippen LogP contribution in [0.15, 0.2) is 12.4 Å². The Morgan fingerprint density at radius 1 is 1.56 bits per heavy atom. The van der Waals surface area contributed by atoms with E-state index in [1.165, 1.54) is 22.8 Å². The monoisotopic (exact) mass is 257 g/mol. The minimum Gasteiger partial charge on any atom is -0.311 e. The topological polar surface area (TPSA) is 29.9 Å². The van der Waals surface area contributed by atoms with Crippen LogP contribution in [0.3, 0.4) is 0 Å². The van der Waals surface area contributed by atoms with Gasteiger partial charge in [0.2, 0.25) is 0 Å². The number of aromatic nitrogens is 2. The van der Waals surface area contributed by atoms with Gasteiger partial charge in [0.1, 0.15) is 0 Å². The molecule has 0 amide bonds. The van der Waals surface area contributed by atoms with E-state index in [-0.39, 0.29) is 0 Å². The fourth-order valence-electron chi connectivity index (χ4n) is 1.70. The molecule has 0 radical (unpaired) electrons. The van der Waals surface area contributed by atoms with Gasteiger partial charge in [-0.1, -0.05) is 0 Å². The van der Waals surface area contributed by atoms with Gasteiger partial charge in [-0.15, -0.1) is 0 Å². The molecule has 16 heavy (non-hydrogen) atoms. The summed E-state index contributed by atoms with van der Waals surface area (Å²) in [5, 5.41) is 8.58. The Bertz CT molecular complexity index is 308. The fraction of sp³-hybridized carbons (Fsp3) is 0.727. The molecule has 0 aromatic carbocycles. The summed E-state index contributed by atoms with van der Waals surface area (Å²) in [6.45, 7) is 5.13. The molecule has 0 spiro atoms. The lowest BCUT2D eigenvalue weighted by atomic mass is 10.3. The molecule has 1 fully saturated rings. The smallest absolute Gasteiger partial charge is 0.0534 e. The third kappa shape index (κ3) is 3.71. The molecule has 1 N–H and O–H groups in total. The van der Waals surface area contributed by atoms with Crippen molar-refractivity contribution < 1.29 is 0 Å². The number of rotatable bonds is 5. The molecule has 5 heteroatoms. The number of hydrogen-bond acceptors (Lipinski definition) is 4. The highest BCUT2D eigenvalue weighted by Gasteiger charge is 2.13. The summed E-state index contributed by atoms with van der Waals surface area (Å²) in [5.74, 6) is 3.93. The van der Waals surface area contributed by atoms with Gasteiger partial charge in [-0.25, -0.2) is 0 Å². The van der Waals surface area contributed by atoms with Gasteiger partial charge in [-0.3, -0.25) is 4.68 Å². The van der Waals surface area contributed by atoms with Crippen LogP contribution in [0.5, 0.6) is 0 Å². The second-order valence-electron chi connectivity index (χ2n) is 3.90. The second-order valence-corrected chi connectivity index (χ2v) is 6.46. The van der Waals surface area contributed by atoms with Gasteiger partial charge in [0.15, 0.2) is 0 Å². The standard InChI is InChI=1S/C11H19N3S2/c1-2-14-8-10(6-13-14)5-12-7-11-9-15-3-4-16-11/h6,8,11-12H,2-5,7,9H2,1H3. The van der Waals surface area contributed by atoms with E-state index in [9.17, 15) is 0 Å². The van der Waals surface area contributed by atoms with Crippen molar-refractivity contribution in [3.05, 3.63) is 18.0 Å². The molecule has 1 aliphatic rings. The van der Waals surface area contributed by atoms with E-state index in [1.807, 2.05) is 10.9 Å². The lowest BCUT2D eigenvalue weighted by Crippen LogP contribution is -2.28. The van der Waals surface area contributed by atoms with E-state index in [2.05, 4.69) is 47.1 Å². The van der Waals surface area contributed by atoms with Crippen molar-refractivity contribution in [2.45, 2.75) is 25.3 Å². The van der Waals surface area contributed by atoms with Crippen molar-refractivity contribution >= 4 is 23.5 Å². The Morgan fingerprint density at radius 3 is 3.19 bits per heavy atom. The first-order valence-corrected chi connectivity index (χ1v) is 8.00. The predicted molar refractivity (Wildman–Crippen MR) is 73.2 cm³/mol. The lowest BCUT2D eigenvalue weighted by molar-refractivity contribution is 0.655. The van der Waals surface area contributed by atoms with Crippen LogP contribution in [0.4, 0.5) is 0 Å². The summed E-state index contributed by atoms with van der Waals surface area (Å²) in [7, 11) is 0. The van der Waals surface area contributed by atoms with Crippen molar-refractivity contribution in [3.63, 3.8) is 0 Å². The van der Waals surface area contributed by atoms with E-state index >= 15 is 0 Å². The average molecular weight is 257 g/mol. The second kappa shape index (κ2) is 6.57. The molecule has 1 unspecified atom stereocenters. The van der Waals surface area contributed by atoms with E-state index in [1.54, 1.807) is 0 Å². The van der Waals surface area contributed by atoms with E-state index in [4.69, 9.17) is 0 Å². The number of thioether (sulfide) groups is 2. The number of aryl methyl sites for hydroxylation is 1. The van der Waals surface area contributed by atoms with Crippen LogP contribution in [-0.4, -0.2) is 38.8 Å². The first kappa shape index (κ1) is 12.3. The highest BCUT2D eigenvalue weighted by molar-refractivity contribution is 8.06. The van der Waals surface area contributed by atoms with Crippen LogP contribution < -0.4 is 5.32 Å². The zero-order chi connectivity index (χ0) is 11.2. The summed E-state index contributed by atoms with van der Waals surface area (Å²) in [6, 6.07) is 0. The highest BCUT2D eigenvalue weighted by Crippen LogP contribution is 2.23. The zero-order valence-electron chi connectivity index (χ0n) is 9.69. The van der Waals surface area contributed by atoms with Gasteiger partial charge < -0.3 is 5.32 Å². The van der Waals surface area contributed by atoms with Gasteiger partial charge in [0.25, 0.3) is 0 Å². The van der Waals surface area contributed by atoms with E-state index in [0.29, 0.717) is 0 Å². The highest BCUT2D eigenvalue weighted by atomic mass is 32.2. The Labute approximate surface area is 106 Å². The Hall–Kier alpha value is -0.130. The van der Waals surface area contributed by atoms with Crippen LogP contribution in [-0.2, 0) is 13.1 Å². The molecule has 0 bridgehead atoms. The van der Waals surface area contributed by atoms with Crippen molar-refractivity contribution in [1.29, 1.82) is 0 Å². The Balaban J connectivity index is 1.66. The van der Waals surface area contributed by atoms with Crippen LogP contribution in [0.2, 0.25) is 0 Å². The van der Waals surface area contributed by atoms with Gasteiger partial charge in [0.05, 0.1) is 6.20 Å². The molecule has 1 aromatic heterocycles. The number of nitrogens with one attached hydrogen (secondary N) is 1. The van der Waals surface area contributed by atoms with Crippen LogP contribution in [0.1, 0.15) is 12.5 Å². The average Bonchev–Trinajstić information content (AvgIpc) is 2.78. The fourth-order valence-corrected chi connectivity index (χ4v) is 4.35. The number of hydrogen-bond donors (Lipinski definition) is 1. The molecule has 2 heterocycles. The molecule has 3 nitrogen and oxygen atoms in total. The summed E-state index contributed by atoms with van der Waals surface area (Å²) in [6.07, 6.45) is 4.08. The summed E-state index contributed by atoms with van der Waals surface area (Å²) >= 11 is 4.18. The van der Waals surface area contributed by atoms with E-state index in [0.717, 1.165) is 24.9 Å². The zero-order valence-corrected chi connectivity index (χ0v) is 11.3. The maximum Gasteiger partial charge on any atom is 0.0534 e. The van der Waals surface area contributed by atoms with Crippen LogP contribution >= 0.6 is 23.5 Å². The summed E-state index contributed by atoms with van der Waals surface area (Å²) in [5.41, 5.74) is 1.29. The molecule has 2 rings (SSSR count). The summed E-state index contributed by atoms with van der Waals surface area (Å²) < 4.78 is 1.97. The van der Waals surface area contributed by atoms with Gasteiger partial charge in [0, 0.05) is 53.9 Å². The molecule has 0 saturated carbocycles. The van der Waals surface area contributed by atoms with Crippen molar-refractivity contribution in [3.8, 4) is 0 Å². The maximum absolute atomic E-state index is 4.27. The van der Waals surface area contributed by atoms with Crippen molar-refractivity contribution in [2.24, 2.45) is 0 Å². The molecule has 90 valence electrons. The largest absolute Gasteiger partial charge is 0.311 e. The minimum atomic E-state index is 0.792. The lowest BCUT2D eigenvalue weighted by Gasteiger charge is -2.20. The molecular formula is C11H19N3S2. The van der Waals surface area contributed by atoms with Crippen LogP contribution in [0.25, 0.3) is 0 Å². The van der Waals surface area contributed by atoms with Crippen molar-refractivity contribution in [2.75, 3.05) is 23.8 Å². The van der Waals surface area contributed by atoms with Gasteiger partial charge in [-0.05, 0) is 6.92 Å². The SMILES string of the molecule is CCn1cc(CNCC2CSCCS2)cn1. The molecule has 0 aliphatic carbocycles. The molecular weight excluding hydrogens is 238 g/mol.